The molecule has 0 spiro atoms. The Balaban J connectivity index is 2.84. The summed E-state index contributed by atoms with van der Waals surface area (Å²) in [5.74, 6) is 0.287. The number of nitrogens with one attached hydrogen (secondary N) is 1. The monoisotopic (exact) mass is 260 g/mol. The molecule has 1 atom stereocenters. The lowest BCUT2D eigenvalue weighted by Gasteiger charge is -2.10. The van der Waals surface area contributed by atoms with Crippen LogP contribution in [0.1, 0.15) is 5.56 Å². The molecule has 1 aromatic rings. The summed E-state index contributed by atoms with van der Waals surface area (Å²) >= 11 is 7.14. The number of amidine groups is 1. The largest absolute Gasteiger partial charge is 0.394 e. The van der Waals surface area contributed by atoms with E-state index >= 15 is 0 Å². The standard InChI is InChI=1S/C10H13ClN2O2S/c11-6-1-2-8(10(12)13)9(3-6)16-5-7(15)4-14/h1-3,7,14-15H,4-5H2,(H3,12,13). The Morgan fingerprint density at radius 2 is 2.25 bits per heavy atom. The van der Waals surface area contributed by atoms with E-state index in [1.54, 1.807) is 18.2 Å². The number of aliphatic hydroxyl groups is 2. The Labute approximate surface area is 103 Å². The number of hydrogen-bond donors (Lipinski definition) is 4. The van der Waals surface area contributed by atoms with Crippen molar-refractivity contribution in [1.29, 1.82) is 5.41 Å². The van der Waals surface area contributed by atoms with Gasteiger partial charge in [-0.3, -0.25) is 5.41 Å². The fraction of sp³-hybridized carbons (Fsp3) is 0.300. The van der Waals surface area contributed by atoms with Crippen molar-refractivity contribution >= 4 is 29.2 Å². The molecule has 0 radical (unpaired) electrons. The minimum atomic E-state index is -0.788. The molecule has 6 heteroatoms. The Morgan fingerprint density at radius 3 is 2.81 bits per heavy atom. The Morgan fingerprint density at radius 1 is 1.56 bits per heavy atom. The third kappa shape index (κ3) is 3.68. The lowest BCUT2D eigenvalue weighted by atomic mass is 10.2. The van der Waals surface area contributed by atoms with Gasteiger partial charge in [0, 0.05) is 21.2 Å². The summed E-state index contributed by atoms with van der Waals surface area (Å²) in [7, 11) is 0. The minimum Gasteiger partial charge on any atom is -0.394 e. The molecule has 0 heterocycles. The zero-order chi connectivity index (χ0) is 12.1. The summed E-state index contributed by atoms with van der Waals surface area (Å²) in [6.07, 6.45) is -0.788. The third-order valence-corrected chi connectivity index (χ3v) is 3.31. The molecule has 1 rings (SSSR count). The zero-order valence-corrected chi connectivity index (χ0v) is 10.1. The van der Waals surface area contributed by atoms with Crippen LogP contribution >= 0.6 is 23.4 Å². The van der Waals surface area contributed by atoms with Crippen molar-refractivity contribution in [3.05, 3.63) is 28.8 Å². The molecule has 0 amide bonds. The van der Waals surface area contributed by atoms with Crippen molar-refractivity contribution in [1.82, 2.24) is 0 Å². The maximum absolute atomic E-state index is 9.23. The number of aliphatic hydroxyl groups excluding tert-OH is 2. The smallest absolute Gasteiger partial charge is 0.123 e. The van der Waals surface area contributed by atoms with Crippen molar-refractivity contribution in [2.45, 2.75) is 11.0 Å². The molecule has 0 fully saturated rings. The van der Waals surface area contributed by atoms with Crippen molar-refractivity contribution in [2.24, 2.45) is 5.73 Å². The van der Waals surface area contributed by atoms with Gasteiger partial charge in [-0.05, 0) is 18.2 Å². The van der Waals surface area contributed by atoms with Crippen LogP contribution in [-0.2, 0) is 0 Å². The van der Waals surface area contributed by atoms with Gasteiger partial charge >= 0.3 is 0 Å². The normalized spacial score (nSPS) is 12.4. The van der Waals surface area contributed by atoms with E-state index in [2.05, 4.69) is 0 Å². The Hall–Kier alpha value is -0.750. The first-order valence-electron chi connectivity index (χ1n) is 4.60. The molecule has 5 N–H and O–H groups in total. The topological polar surface area (TPSA) is 90.3 Å². The van der Waals surface area contributed by atoms with Gasteiger partial charge in [-0.25, -0.2) is 0 Å². The molecule has 1 unspecified atom stereocenters. The van der Waals surface area contributed by atoms with Crippen LogP contribution in [0.4, 0.5) is 0 Å². The highest BCUT2D eigenvalue weighted by atomic mass is 35.5. The minimum absolute atomic E-state index is 0.0438. The summed E-state index contributed by atoms with van der Waals surface area (Å²) in [5.41, 5.74) is 6.00. The first-order valence-corrected chi connectivity index (χ1v) is 5.96. The highest BCUT2D eigenvalue weighted by Gasteiger charge is 2.09. The molecule has 0 saturated heterocycles. The van der Waals surface area contributed by atoms with Crippen molar-refractivity contribution in [3.8, 4) is 0 Å². The van der Waals surface area contributed by atoms with E-state index in [1.165, 1.54) is 11.8 Å². The number of hydrogen-bond acceptors (Lipinski definition) is 4. The summed E-state index contributed by atoms with van der Waals surface area (Å²) < 4.78 is 0. The van der Waals surface area contributed by atoms with E-state index in [9.17, 15) is 5.11 Å². The summed E-state index contributed by atoms with van der Waals surface area (Å²) in [6.45, 7) is -0.289. The Bertz CT molecular complexity index is 387. The molecule has 0 aliphatic rings. The second kappa shape index (κ2) is 6.10. The van der Waals surface area contributed by atoms with Gasteiger partial charge < -0.3 is 15.9 Å². The van der Waals surface area contributed by atoms with Gasteiger partial charge in [-0.1, -0.05) is 11.6 Å². The van der Waals surface area contributed by atoms with E-state index in [1.807, 2.05) is 0 Å². The SMILES string of the molecule is N=C(N)c1ccc(Cl)cc1SCC(O)CO. The van der Waals surface area contributed by atoms with Gasteiger partial charge in [0.2, 0.25) is 0 Å². The number of halogens is 1. The van der Waals surface area contributed by atoms with Crippen LogP contribution in [0.25, 0.3) is 0 Å². The fourth-order valence-corrected chi connectivity index (χ4v) is 2.33. The highest BCUT2D eigenvalue weighted by molar-refractivity contribution is 7.99. The maximum Gasteiger partial charge on any atom is 0.123 e. The number of thioether (sulfide) groups is 1. The molecule has 1 aromatic carbocycles. The predicted molar refractivity (Wildman–Crippen MR) is 66.3 cm³/mol. The van der Waals surface area contributed by atoms with E-state index in [4.69, 9.17) is 27.9 Å². The highest BCUT2D eigenvalue weighted by Crippen LogP contribution is 2.26. The van der Waals surface area contributed by atoms with Crippen molar-refractivity contribution < 1.29 is 10.2 Å². The van der Waals surface area contributed by atoms with Crippen LogP contribution in [0.2, 0.25) is 5.02 Å². The average molecular weight is 261 g/mol. The maximum atomic E-state index is 9.23. The molecular weight excluding hydrogens is 248 g/mol. The molecule has 0 aliphatic carbocycles. The van der Waals surface area contributed by atoms with Crippen LogP contribution in [0, 0.1) is 5.41 Å². The van der Waals surface area contributed by atoms with Crippen LogP contribution < -0.4 is 5.73 Å². The quantitative estimate of drug-likeness (QED) is 0.362. The van der Waals surface area contributed by atoms with Gasteiger partial charge in [-0.15, -0.1) is 11.8 Å². The van der Waals surface area contributed by atoms with E-state index in [-0.39, 0.29) is 12.4 Å². The third-order valence-electron chi connectivity index (χ3n) is 1.88. The average Bonchev–Trinajstić information content (AvgIpc) is 2.25. The van der Waals surface area contributed by atoms with Gasteiger partial charge in [0.25, 0.3) is 0 Å². The van der Waals surface area contributed by atoms with Gasteiger partial charge in [-0.2, -0.15) is 0 Å². The summed E-state index contributed by atoms with van der Waals surface area (Å²) in [4.78, 5) is 0.729. The van der Waals surface area contributed by atoms with E-state index in [0.29, 0.717) is 16.3 Å². The summed E-state index contributed by atoms with van der Waals surface area (Å²) in [5, 5.41) is 25.9. The predicted octanol–water partition coefficient (Wildman–Crippen LogP) is 1.07. The molecule has 0 aromatic heterocycles. The number of rotatable bonds is 5. The van der Waals surface area contributed by atoms with Crippen LogP contribution in [0.3, 0.4) is 0 Å². The van der Waals surface area contributed by atoms with Crippen LogP contribution in [0.5, 0.6) is 0 Å². The number of nitrogen functional groups attached to an aromatic ring is 1. The lowest BCUT2D eigenvalue weighted by molar-refractivity contribution is 0.113. The number of nitrogens with two attached hydrogens (primary N) is 1. The van der Waals surface area contributed by atoms with Gasteiger partial charge in [0.15, 0.2) is 0 Å². The molecule has 4 nitrogen and oxygen atoms in total. The van der Waals surface area contributed by atoms with Crippen molar-refractivity contribution in [2.75, 3.05) is 12.4 Å². The molecule has 0 saturated carbocycles. The van der Waals surface area contributed by atoms with Gasteiger partial charge in [0.05, 0.1) is 12.7 Å². The second-order valence-electron chi connectivity index (χ2n) is 3.20. The van der Waals surface area contributed by atoms with E-state index in [0.717, 1.165) is 4.90 Å². The van der Waals surface area contributed by atoms with Crippen LogP contribution in [0.15, 0.2) is 23.1 Å². The first kappa shape index (κ1) is 13.3. The zero-order valence-electron chi connectivity index (χ0n) is 8.48. The molecular formula is C10H13ClN2O2S. The fourth-order valence-electron chi connectivity index (χ4n) is 1.08. The van der Waals surface area contributed by atoms with Crippen LogP contribution in [-0.4, -0.2) is 34.5 Å². The molecule has 0 bridgehead atoms. The number of benzene rings is 1. The van der Waals surface area contributed by atoms with Crippen molar-refractivity contribution in [3.63, 3.8) is 0 Å². The second-order valence-corrected chi connectivity index (χ2v) is 4.70. The molecule has 88 valence electrons. The molecule has 0 aliphatic heterocycles. The van der Waals surface area contributed by atoms with E-state index < -0.39 is 6.10 Å². The Kier molecular flexibility index (Phi) is 5.08. The summed E-state index contributed by atoms with van der Waals surface area (Å²) in [6, 6.07) is 5.01. The lowest BCUT2D eigenvalue weighted by Crippen LogP contribution is -2.16. The first-order chi connectivity index (χ1) is 7.54. The molecule has 16 heavy (non-hydrogen) atoms. The van der Waals surface area contributed by atoms with Gasteiger partial charge in [0.1, 0.15) is 5.84 Å².